The number of carbonyl (C=O) groups is 1. The molecule has 1 amide bonds. The number of hydrogen-bond donors (Lipinski definition) is 1. The summed E-state index contributed by atoms with van der Waals surface area (Å²) in [5, 5.41) is 3.50. The number of nitrogens with one attached hydrogen (secondary N) is 1. The van der Waals surface area contributed by atoms with E-state index in [0.717, 1.165) is 18.6 Å². The number of aryl methyl sites for hydroxylation is 1. The van der Waals surface area contributed by atoms with E-state index in [-0.39, 0.29) is 18.6 Å². The second kappa shape index (κ2) is 9.94. The van der Waals surface area contributed by atoms with Crippen LogP contribution in [-0.2, 0) is 11.2 Å². The van der Waals surface area contributed by atoms with Crippen LogP contribution in [0.4, 0.5) is 0 Å². The molecule has 1 N–H and O–H groups in total. The second-order valence-corrected chi connectivity index (χ2v) is 6.44. The Bertz CT molecular complexity index is 654. The molecule has 2 aromatic rings. The first-order valence-corrected chi connectivity index (χ1v) is 8.81. The summed E-state index contributed by atoms with van der Waals surface area (Å²) in [5.74, 6) is 1.38. The van der Waals surface area contributed by atoms with E-state index < -0.39 is 0 Å². The minimum absolute atomic E-state index is 0.00285. The third-order valence-electron chi connectivity index (χ3n) is 3.44. The highest BCUT2D eigenvalue weighted by Gasteiger charge is 2.03. The number of carbonyl (C=O) groups excluding carboxylic acids is 1. The van der Waals surface area contributed by atoms with E-state index in [0.29, 0.717) is 17.3 Å². The molecule has 0 saturated heterocycles. The van der Waals surface area contributed by atoms with Gasteiger partial charge in [-0.2, -0.15) is 0 Å². The third-order valence-corrected chi connectivity index (χ3v) is 3.70. The van der Waals surface area contributed by atoms with Crippen LogP contribution in [0.5, 0.6) is 11.5 Å². The average Bonchev–Trinajstić information content (AvgIpc) is 2.59. The largest absolute Gasteiger partial charge is 0.491 e. The van der Waals surface area contributed by atoms with E-state index >= 15 is 0 Å². The van der Waals surface area contributed by atoms with Gasteiger partial charge in [0.1, 0.15) is 11.5 Å². The summed E-state index contributed by atoms with van der Waals surface area (Å²) in [6.45, 7) is 4.64. The third kappa shape index (κ3) is 7.48. The Hall–Kier alpha value is -2.20. The van der Waals surface area contributed by atoms with Gasteiger partial charge in [0.15, 0.2) is 6.61 Å². The molecule has 0 atom stereocenters. The second-order valence-electron chi connectivity index (χ2n) is 6.01. The molecule has 0 aromatic heterocycles. The molecular formula is C20H24ClNO3. The molecular weight excluding hydrogens is 338 g/mol. The molecule has 0 fully saturated rings. The van der Waals surface area contributed by atoms with E-state index in [1.165, 1.54) is 5.56 Å². The van der Waals surface area contributed by atoms with E-state index in [2.05, 4.69) is 17.4 Å². The van der Waals surface area contributed by atoms with E-state index in [1.807, 2.05) is 26.0 Å². The Labute approximate surface area is 154 Å². The summed E-state index contributed by atoms with van der Waals surface area (Å²) >= 11 is 5.80. The highest BCUT2D eigenvalue weighted by molar-refractivity contribution is 6.30. The van der Waals surface area contributed by atoms with E-state index in [4.69, 9.17) is 21.1 Å². The summed E-state index contributed by atoms with van der Waals surface area (Å²) < 4.78 is 11.0. The molecule has 4 nitrogen and oxygen atoms in total. The zero-order chi connectivity index (χ0) is 18.1. The van der Waals surface area contributed by atoms with E-state index in [1.54, 1.807) is 24.3 Å². The van der Waals surface area contributed by atoms with Gasteiger partial charge in [0.2, 0.25) is 0 Å². The van der Waals surface area contributed by atoms with Crippen molar-refractivity contribution in [2.24, 2.45) is 0 Å². The number of benzene rings is 2. The predicted molar refractivity (Wildman–Crippen MR) is 100 cm³/mol. The lowest BCUT2D eigenvalue weighted by atomic mass is 10.1. The minimum Gasteiger partial charge on any atom is -0.491 e. The van der Waals surface area contributed by atoms with Crippen molar-refractivity contribution >= 4 is 17.5 Å². The number of amides is 1. The van der Waals surface area contributed by atoms with Crippen LogP contribution >= 0.6 is 11.6 Å². The van der Waals surface area contributed by atoms with Crippen molar-refractivity contribution in [3.05, 3.63) is 59.1 Å². The quantitative estimate of drug-likeness (QED) is 0.679. The fourth-order valence-electron chi connectivity index (χ4n) is 2.26. The molecule has 0 unspecified atom stereocenters. The molecule has 0 spiro atoms. The first-order chi connectivity index (χ1) is 12.0. The summed E-state index contributed by atoms with van der Waals surface area (Å²) in [6, 6.07) is 15.0. The van der Waals surface area contributed by atoms with Crippen LogP contribution in [0.2, 0.25) is 5.02 Å². The lowest BCUT2D eigenvalue weighted by Gasteiger charge is -2.10. The lowest BCUT2D eigenvalue weighted by molar-refractivity contribution is -0.123. The van der Waals surface area contributed by atoms with Gasteiger partial charge in [-0.1, -0.05) is 23.7 Å². The SMILES string of the molecule is CC(C)Oc1ccc(CCCNC(=O)COc2ccc(Cl)cc2)cc1. The zero-order valence-electron chi connectivity index (χ0n) is 14.6. The smallest absolute Gasteiger partial charge is 0.257 e. The molecule has 134 valence electrons. The Morgan fingerprint density at radius 3 is 2.32 bits per heavy atom. The summed E-state index contributed by atoms with van der Waals surface area (Å²) in [7, 11) is 0. The van der Waals surface area contributed by atoms with E-state index in [9.17, 15) is 4.79 Å². The van der Waals surface area contributed by atoms with Crippen LogP contribution in [0.1, 0.15) is 25.8 Å². The van der Waals surface area contributed by atoms with Crippen molar-refractivity contribution in [3.8, 4) is 11.5 Å². The van der Waals surface area contributed by atoms with Gasteiger partial charge in [-0.15, -0.1) is 0 Å². The van der Waals surface area contributed by atoms with Gasteiger partial charge in [0.25, 0.3) is 5.91 Å². The topological polar surface area (TPSA) is 47.6 Å². The average molecular weight is 362 g/mol. The van der Waals surface area contributed by atoms with Crippen LogP contribution in [0, 0.1) is 0 Å². The normalized spacial score (nSPS) is 10.6. The van der Waals surface area contributed by atoms with Crippen LogP contribution in [0.15, 0.2) is 48.5 Å². The Balaban J connectivity index is 1.61. The standard InChI is InChI=1S/C20H24ClNO3/c1-15(2)25-19-9-5-16(6-10-19)4-3-13-22-20(23)14-24-18-11-7-17(21)8-12-18/h5-12,15H,3-4,13-14H2,1-2H3,(H,22,23). The van der Waals surface area contributed by atoms with Gasteiger partial charge in [0.05, 0.1) is 6.10 Å². The molecule has 2 rings (SSSR count). The monoisotopic (exact) mass is 361 g/mol. The van der Waals surface area contributed by atoms with Crippen LogP contribution in [-0.4, -0.2) is 25.2 Å². The van der Waals surface area contributed by atoms with Crippen LogP contribution in [0.25, 0.3) is 0 Å². The maximum atomic E-state index is 11.8. The van der Waals surface area contributed by atoms with Crippen LogP contribution < -0.4 is 14.8 Å². The summed E-state index contributed by atoms with van der Waals surface area (Å²) in [6.07, 6.45) is 1.95. The molecule has 0 aliphatic rings. The molecule has 0 bridgehead atoms. The van der Waals surface area contributed by atoms with Gasteiger partial charge in [-0.25, -0.2) is 0 Å². The van der Waals surface area contributed by atoms with Gasteiger partial charge in [0, 0.05) is 11.6 Å². The minimum atomic E-state index is -0.129. The number of rotatable bonds is 9. The number of halogens is 1. The lowest BCUT2D eigenvalue weighted by Crippen LogP contribution is -2.29. The molecule has 0 radical (unpaired) electrons. The van der Waals surface area contributed by atoms with Crippen LogP contribution in [0.3, 0.4) is 0 Å². The maximum absolute atomic E-state index is 11.8. The highest BCUT2D eigenvalue weighted by Crippen LogP contribution is 2.16. The first kappa shape index (κ1) is 19.1. The van der Waals surface area contributed by atoms with Crippen molar-refractivity contribution in [2.45, 2.75) is 32.8 Å². The Morgan fingerprint density at radius 1 is 1.04 bits per heavy atom. The van der Waals surface area contributed by atoms with Gasteiger partial charge >= 0.3 is 0 Å². The van der Waals surface area contributed by atoms with Gasteiger partial charge < -0.3 is 14.8 Å². The Kier molecular flexibility index (Phi) is 7.61. The summed E-state index contributed by atoms with van der Waals surface area (Å²) in [5.41, 5.74) is 1.22. The van der Waals surface area contributed by atoms with Gasteiger partial charge in [-0.05, 0) is 68.7 Å². The Morgan fingerprint density at radius 2 is 1.68 bits per heavy atom. The number of ether oxygens (including phenoxy) is 2. The predicted octanol–water partition coefficient (Wildman–Crippen LogP) is 4.26. The number of hydrogen-bond acceptors (Lipinski definition) is 3. The van der Waals surface area contributed by atoms with Crippen molar-refractivity contribution in [1.82, 2.24) is 5.32 Å². The molecule has 0 aliphatic heterocycles. The first-order valence-electron chi connectivity index (χ1n) is 8.43. The summed E-state index contributed by atoms with van der Waals surface area (Å²) in [4.78, 5) is 11.8. The van der Waals surface area contributed by atoms with Crippen molar-refractivity contribution in [3.63, 3.8) is 0 Å². The molecule has 0 saturated carbocycles. The van der Waals surface area contributed by atoms with Gasteiger partial charge in [-0.3, -0.25) is 4.79 Å². The molecule has 5 heteroatoms. The van der Waals surface area contributed by atoms with Crippen molar-refractivity contribution in [2.75, 3.05) is 13.2 Å². The fraction of sp³-hybridized carbons (Fsp3) is 0.350. The van der Waals surface area contributed by atoms with Crippen molar-refractivity contribution in [1.29, 1.82) is 0 Å². The molecule has 0 heterocycles. The molecule has 0 aliphatic carbocycles. The van der Waals surface area contributed by atoms with Crippen molar-refractivity contribution < 1.29 is 14.3 Å². The highest BCUT2D eigenvalue weighted by atomic mass is 35.5. The maximum Gasteiger partial charge on any atom is 0.257 e. The molecule has 25 heavy (non-hydrogen) atoms. The zero-order valence-corrected chi connectivity index (χ0v) is 15.4. The fourth-order valence-corrected chi connectivity index (χ4v) is 2.38. The molecule has 2 aromatic carbocycles.